The van der Waals surface area contributed by atoms with E-state index in [1.54, 1.807) is 11.3 Å². The molecule has 3 fully saturated rings. The van der Waals surface area contributed by atoms with E-state index in [1.807, 2.05) is 15.9 Å². The van der Waals surface area contributed by atoms with Crippen molar-refractivity contribution >= 4 is 33.4 Å². The number of rotatable bonds is 5. The molecule has 2 amide bonds. The van der Waals surface area contributed by atoms with E-state index < -0.39 is 0 Å². The molecule has 0 radical (unpaired) electrons. The fourth-order valence-corrected chi connectivity index (χ4v) is 6.32. The summed E-state index contributed by atoms with van der Waals surface area (Å²) in [5.41, 5.74) is 1.06. The Kier molecular flexibility index (Phi) is 6.71. The van der Waals surface area contributed by atoms with Gasteiger partial charge in [-0.1, -0.05) is 18.6 Å². The van der Waals surface area contributed by atoms with Crippen molar-refractivity contribution in [3.05, 3.63) is 29.3 Å². The fourth-order valence-electron chi connectivity index (χ4n) is 5.18. The summed E-state index contributed by atoms with van der Waals surface area (Å²) in [5.74, 6) is 0.456. The van der Waals surface area contributed by atoms with E-state index in [4.69, 9.17) is 4.98 Å². The van der Waals surface area contributed by atoms with Gasteiger partial charge in [-0.15, -0.1) is 11.3 Å². The SMILES string of the molecule is O=C(CN1CCN(C(=O)CN2CCCC[C@@H]2c2nc3ccccc3s2)CC1)N1CCCC1. The Morgan fingerprint density at radius 3 is 2.31 bits per heavy atom. The van der Waals surface area contributed by atoms with E-state index in [2.05, 4.69) is 28.0 Å². The van der Waals surface area contributed by atoms with Gasteiger partial charge in [0.25, 0.3) is 0 Å². The van der Waals surface area contributed by atoms with Gasteiger partial charge in [-0.2, -0.15) is 0 Å². The summed E-state index contributed by atoms with van der Waals surface area (Å²) in [6.07, 6.45) is 5.65. The van der Waals surface area contributed by atoms with Crippen molar-refractivity contribution in [3.63, 3.8) is 0 Å². The third kappa shape index (κ3) is 4.82. The zero-order valence-corrected chi connectivity index (χ0v) is 19.6. The second kappa shape index (κ2) is 9.85. The molecule has 1 aromatic heterocycles. The van der Waals surface area contributed by atoms with Crippen molar-refractivity contribution in [3.8, 4) is 0 Å². The molecule has 3 aliphatic rings. The number of likely N-dealkylation sites (tertiary alicyclic amines) is 2. The molecule has 0 N–H and O–H groups in total. The van der Waals surface area contributed by atoms with Crippen LogP contribution in [-0.2, 0) is 9.59 Å². The van der Waals surface area contributed by atoms with E-state index in [-0.39, 0.29) is 17.9 Å². The first kappa shape index (κ1) is 21.8. The van der Waals surface area contributed by atoms with Crippen LogP contribution >= 0.6 is 11.3 Å². The van der Waals surface area contributed by atoms with Gasteiger partial charge in [0, 0.05) is 39.3 Å². The molecule has 0 saturated carbocycles. The van der Waals surface area contributed by atoms with Crippen LogP contribution in [0.25, 0.3) is 10.2 Å². The molecule has 1 atom stereocenters. The average molecular weight is 456 g/mol. The van der Waals surface area contributed by atoms with Gasteiger partial charge in [-0.05, 0) is 44.4 Å². The lowest BCUT2D eigenvalue weighted by molar-refractivity contribution is -0.136. The summed E-state index contributed by atoms with van der Waals surface area (Å²) < 4.78 is 1.22. The molecule has 3 saturated heterocycles. The van der Waals surface area contributed by atoms with E-state index in [1.165, 1.54) is 11.1 Å². The fraction of sp³-hybridized carbons (Fsp3) is 0.625. The van der Waals surface area contributed by atoms with E-state index in [9.17, 15) is 9.59 Å². The molecule has 5 rings (SSSR count). The molecule has 172 valence electrons. The molecule has 0 spiro atoms. The van der Waals surface area contributed by atoms with E-state index in [0.29, 0.717) is 26.2 Å². The predicted octanol–water partition coefficient (Wildman–Crippen LogP) is 2.59. The standard InChI is InChI=1S/C24H33N5O2S/c30-22(27-10-5-6-11-27)17-26-13-15-28(16-14-26)23(31)18-29-12-4-3-8-20(29)24-25-19-7-1-2-9-21(19)32-24/h1-2,7,9,20H,3-6,8,10-18H2/t20-/m1/s1. The van der Waals surface area contributed by atoms with Crippen LogP contribution in [-0.4, -0.2) is 95.3 Å². The van der Waals surface area contributed by atoms with Crippen molar-refractivity contribution < 1.29 is 9.59 Å². The third-order valence-electron chi connectivity index (χ3n) is 7.09. The van der Waals surface area contributed by atoms with Crippen LogP contribution in [0.15, 0.2) is 24.3 Å². The van der Waals surface area contributed by atoms with Crippen molar-refractivity contribution in [2.45, 2.75) is 38.1 Å². The lowest BCUT2D eigenvalue weighted by atomic mass is 10.0. The van der Waals surface area contributed by atoms with Gasteiger partial charge < -0.3 is 9.80 Å². The smallest absolute Gasteiger partial charge is 0.236 e. The van der Waals surface area contributed by atoms with Gasteiger partial charge in [0.05, 0.1) is 29.3 Å². The van der Waals surface area contributed by atoms with Crippen LogP contribution < -0.4 is 0 Å². The largest absolute Gasteiger partial charge is 0.342 e. The van der Waals surface area contributed by atoms with Crippen LogP contribution in [0.4, 0.5) is 0 Å². The number of piperidine rings is 1. The quantitative estimate of drug-likeness (QED) is 0.694. The molecule has 0 bridgehead atoms. The summed E-state index contributed by atoms with van der Waals surface area (Å²) in [6.45, 7) is 6.72. The summed E-state index contributed by atoms with van der Waals surface area (Å²) in [4.78, 5) is 38.9. The maximum Gasteiger partial charge on any atom is 0.236 e. The zero-order chi connectivity index (χ0) is 21.9. The summed E-state index contributed by atoms with van der Waals surface area (Å²) >= 11 is 1.77. The second-order valence-electron chi connectivity index (χ2n) is 9.25. The number of aromatic nitrogens is 1. The first-order valence-corrected chi connectivity index (χ1v) is 12.9. The van der Waals surface area contributed by atoms with Gasteiger partial charge >= 0.3 is 0 Å². The number of piperazine rings is 1. The van der Waals surface area contributed by atoms with Gasteiger partial charge in [0.1, 0.15) is 5.01 Å². The van der Waals surface area contributed by atoms with Crippen LogP contribution in [0.5, 0.6) is 0 Å². The Morgan fingerprint density at radius 1 is 0.844 bits per heavy atom. The molecular weight excluding hydrogens is 422 g/mol. The minimum Gasteiger partial charge on any atom is -0.342 e. The summed E-state index contributed by atoms with van der Waals surface area (Å²) in [6, 6.07) is 8.53. The monoisotopic (exact) mass is 455 g/mol. The molecule has 7 nitrogen and oxygen atoms in total. The Hall–Kier alpha value is -2.03. The highest BCUT2D eigenvalue weighted by molar-refractivity contribution is 7.18. The number of fused-ring (bicyclic) bond motifs is 1. The van der Waals surface area contributed by atoms with Gasteiger partial charge in [0.2, 0.25) is 11.8 Å². The predicted molar refractivity (Wildman–Crippen MR) is 127 cm³/mol. The number of benzene rings is 1. The van der Waals surface area contributed by atoms with Crippen molar-refractivity contribution in [2.24, 2.45) is 0 Å². The third-order valence-corrected chi connectivity index (χ3v) is 8.23. The van der Waals surface area contributed by atoms with Crippen molar-refractivity contribution in [1.82, 2.24) is 24.6 Å². The molecule has 0 aliphatic carbocycles. The molecule has 0 unspecified atom stereocenters. The highest BCUT2D eigenvalue weighted by atomic mass is 32.1. The van der Waals surface area contributed by atoms with Crippen molar-refractivity contribution in [1.29, 1.82) is 0 Å². The van der Waals surface area contributed by atoms with Crippen LogP contribution in [0.1, 0.15) is 43.2 Å². The van der Waals surface area contributed by atoms with Crippen LogP contribution in [0, 0.1) is 0 Å². The molecule has 8 heteroatoms. The molecule has 4 heterocycles. The summed E-state index contributed by atoms with van der Waals surface area (Å²) in [7, 11) is 0. The highest BCUT2D eigenvalue weighted by Crippen LogP contribution is 2.35. The lowest BCUT2D eigenvalue weighted by Crippen LogP contribution is -2.53. The van der Waals surface area contributed by atoms with Crippen LogP contribution in [0.3, 0.4) is 0 Å². The van der Waals surface area contributed by atoms with E-state index >= 15 is 0 Å². The first-order valence-electron chi connectivity index (χ1n) is 12.0. The number of amides is 2. The maximum atomic E-state index is 13.1. The number of para-hydroxylation sites is 1. The first-order chi connectivity index (χ1) is 15.7. The normalized spacial score (nSPS) is 23.2. The molecule has 1 aromatic carbocycles. The molecule has 32 heavy (non-hydrogen) atoms. The number of hydrogen-bond donors (Lipinski definition) is 0. The number of carbonyl (C=O) groups excluding carboxylic acids is 2. The Labute approximate surface area is 194 Å². The molecular formula is C24H33N5O2S. The molecule has 2 aromatic rings. The molecule has 3 aliphatic heterocycles. The zero-order valence-electron chi connectivity index (χ0n) is 18.7. The van der Waals surface area contributed by atoms with Crippen LogP contribution in [0.2, 0.25) is 0 Å². The minimum absolute atomic E-state index is 0.212. The number of carbonyl (C=O) groups is 2. The van der Waals surface area contributed by atoms with E-state index in [0.717, 1.165) is 68.9 Å². The second-order valence-corrected chi connectivity index (χ2v) is 10.3. The Bertz CT molecular complexity index is 916. The minimum atomic E-state index is 0.212. The highest BCUT2D eigenvalue weighted by Gasteiger charge is 2.31. The number of hydrogen-bond acceptors (Lipinski definition) is 6. The van der Waals surface area contributed by atoms with Gasteiger partial charge in [-0.3, -0.25) is 19.4 Å². The lowest BCUT2D eigenvalue weighted by Gasteiger charge is -2.38. The van der Waals surface area contributed by atoms with Crippen molar-refractivity contribution in [2.75, 3.05) is 58.9 Å². The number of thiazole rings is 1. The average Bonchev–Trinajstić information content (AvgIpc) is 3.50. The topological polar surface area (TPSA) is 60.0 Å². The van der Waals surface area contributed by atoms with Gasteiger partial charge in [-0.25, -0.2) is 4.98 Å². The maximum absolute atomic E-state index is 13.1. The summed E-state index contributed by atoms with van der Waals surface area (Å²) in [5, 5.41) is 1.14. The Morgan fingerprint density at radius 2 is 1.53 bits per heavy atom. The van der Waals surface area contributed by atoms with Gasteiger partial charge in [0.15, 0.2) is 0 Å². The Balaban J connectivity index is 1.15. The number of nitrogens with zero attached hydrogens (tertiary/aromatic N) is 5.